The Morgan fingerprint density at radius 3 is 0.780 bits per heavy atom. The zero-order valence-electron chi connectivity index (χ0n) is 26.8. The van der Waals surface area contributed by atoms with Crippen LogP contribution in [0.15, 0.2) is 0 Å². The molecule has 0 aliphatic carbocycles. The average Bonchev–Trinajstić information content (AvgIpc) is 2.92. The van der Waals surface area contributed by atoms with Gasteiger partial charge in [-0.1, -0.05) is 186 Å². The second-order valence-electron chi connectivity index (χ2n) is 12.4. The number of unbranched alkanes of at least 4 members (excludes halogenated alkanes) is 30. The zero-order valence-corrected chi connectivity index (χ0v) is 27.7. The van der Waals surface area contributed by atoms with Gasteiger partial charge in [-0.25, -0.2) is 4.57 Å². The summed E-state index contributed by atoms with van der Waals surface area (Å²) < 4.78 is 15.0. The van der Waals surface area contributed by atoms with Gasteiger partial charge >= 0.3 is 13.8 Å². The molecule has 0 aromatic rings. The standard InChI is InChI=1S/C34H69O6P/c35-34(36)32-30-28-26-24-22-20-18-16-14-12-10-8-6-4-2-1-3-5-7-9-11-13-15-17-19-21-23-25-27-29-31-33-40-41(37,38)39/h1-33H2,(H,35,36)(H2,37,38,39). The number of hydrogen-bond donors (Lipinski definition) is 3. The number of phosphoric acid groups is 1. The zero-order chi connectivity index (χ0) is 30.1. The third-order valence-electron chi connectivity index (χ3n) is 8.29. The fourth-order valence-electron chi connectivity index (χ4n) is 5.69. The molecule has 0 aromatic heterocycles. The van der Waals surface area contributed by atoms with Crippen molar-refractivity contribution in [2.45, 2.75) is 205 Å². The Bertz CT molecular complexity index is 580. The van der Waals surface area contributed by atoms with Gasteiger partial charge in [0.1, 0.15) is 0 Å². The molecule has 0 bridgehead atoms. The number of carbonyl (C=O) groups is 1. The van der Waals surface area contributed by atoms with Crippen molar-refractivity contribution in [3.05, 3.63) is 0 Å². The Morgan fingerprint density at radius 1 is 0.390 bits per heavy atom. The highest BCUT2D eigenvalue weighted by Gasteiger charge is 2.12. The summed E-state index contributed by atoms with van der Waals surface area (Å²) in [4.78, 5) is 27.7. The van der Waals surface area contributed by atoms with Crippen molar-refractivity contribution in [3.8, 4) is 0 Å². The summed E-state index contributed by atoms with van der Waals surface area (Å²) in [5, 5.41) is 8.63. The minimum absolute atomic E-state index is 0.163. The topological polar surface area (TPSA) is 104 Å². The normalized spacial score (nSPS) is 11.9. The van der Waals surface area contributed by atoms with Gasteiger partial charge in [0.2, 0.25) is 0 Å². The average molecular weight is 605 g/mol. The van der Waals surface area contributed by atoms with Crippen LogP contribution in [-0.2, 0) is 13.9 Å². The molecule has 0 fully saturated rings. The van der Waals surface area contributed by atoms with E-state index in [2.05, 4.69) is 4.52 Å². The highest BCUT2D eigenvalue weighted by Crippen LogP contribution is 2.35. The second kappa shape index (κ2) is 32.5. The fraction of sp³-hybridized carbons (Fsp3) is 0.971. The Morgan fingerprint density at radius 2 is 0.585 bits per heavy atom. The van der Waals surface area contributed by atoms with Gasteiger partial charge in [-0.15, -0.1) is 0 Å². The molecule has 246 valence electrons. The summed E-state index contributed by atoms with van der Waals surface area (Å²) in [6.07, 6.45) is 40.9. The van der Waals surface area contributed by atoms with E-state index in [0.717, 1.165) is 32.1 Å². The predicted octanol–water partition coefficient (Wildman–Crippen LogP) is 11.7. The fourth-order valence-corrected chi connectivity index (χ4v) is 6.06. The van der Waals surface area contributed by atoms with Crippen molar-refractivity contribution in [2.24, 2.45) is 0 Å². The van der Waals surface area contributed by atoms with Gasteiger partial charge in [0, 0.05) is 6.42 Å². The van der Waals surface area contributed by atoms with Crippen molar-refractivity contribution in [1.82, 2.24) is 0 Å². The molecule has 0 aromatic carbocycles. The number of carboxylic acid groups (broad SMARTS) is 1. The predicted molar refractivity (Wildman–Crippen MR) is 173 cm³/mol. The van der Waals surface area contributed by atoms with Crippen LogP contribution < -0.4 is 0 Å². The van der Waals surface area contributed by atoms with Crippen LogP contribution in [0.5, 0.6) is 0 Å². The molecule has 0 heterocycles. The third-order valence-corrected chi connectivity index (χ3v) is 8.81. The lowest BCUT2D eigenvalue weighted by Gasteiger charge is -2.05. The van der Waals surface area contributed by atoms with E-state index in [1.807, 2.05) is 0 Å². The van der Waals surface area contributed by atoms with E-state index in [0.29, 0.717) is 6.42 Å². The quantitative estimate of drug-likeness (QED) is 0.0491. The number of rotatable bonds is 35. The van der Waals surface area contributed by atoms with Crippen LogP contribution in [-0.4, -0.2) is 27.5 Å². The SMILES string of the molecule is O=C(O)CCCCCCCCCCCCCCCCCCCCCCCCCCCCCCCCCOP(=O)(O)O. The molecule has 0 unspecified atom stereocenters. The van der Waals surface area contributed by atoms with E-state index in [9.17, 15) is 9.36 Å². The molecule has 3 N–H and O–H groups in total. The first-order chi connectivity index (χ1) is 19.9. The highest BCUT2D eigenvalue weighted by atomic mass is 31.2. The number of hydrogen-bond acceptors (Lipinski definition) is 3. The van der Waals surface area contributed by atoms with Crippen LogP contribution in [0.3, 0.4) is 0 Å². The summed E-state index contributed by atoms with van der Waals surface area (Å²) in [5.74, 6) is -0.658. The maximum absolute atomic E-state index is 10.6. The summed E-state index contributed by atoms with van der Waals surface area (Å²) in [7, 11) is -4.28. The van der Waals surface area contributed by atoms with Crippen molar-refractivity contribution < 1.29 is 28.8 Å². The molecule has 0 atom stereocenters. The summed E-state index contributed by atoms with van der Waals surface area (Å²) in [6, 6.07) is 0. The molecule has 7 heteroatoms. The van der Waals surface area contributed by atoms with Crippen LogP contribution in [0.25, 0.3) is 0 Å². The number of aliphatic carboxylic acids is 1. The largest absolute Gasteiger partial charge is 0.481 e. The van der Waals surface area contributed by atoms with E-state index in [-0.39, 0.29) is 6.61 Å². The lowest BCUT2D eigenvalue weighted by atomic mass is 10.0. The molecule has 0 radical (unpaired) electrons. The summed E-state index contributed by atoms with van der Waals surface area (Å²) >= 11 is 0. The first-order valence-electron chi connectivity index (χ1n) is 17.8. The highest BCUT2D eigenvalue weighted by molar-refractivity contribution is 7.46. The van der Waals surface area contributed by atoms with Crippen molar-refractivity contribution >= 4 is 13.8 Å². The minimum Gasteiger partial charge on any atom is -0.481 e. The van der Waals surface area contributed by atoms with Crippen molar-refractivity contribution in [1.29, 1.82) is 0 Å². The third kappa shape index (κ3) is 39.6. The van der Waals surface area contributed by atoms with Gasteiger partial charge < -0.3 is 14.9 Å². The maximum atomic E-state index is 10.6. The van der Waals surface area contributed by atoms with Crippen LogP contribution in [0.1, 0.15) is 205 Å². The van der Waals surface area contributed by atoms with Gasteiger partial charge in [0.25, 0.3) is 0 Å². The Labute approximate surface area is 254 Å². The lowest BCUT2D eigenvalue weighted by molar-refractivity contribution is -0.137. The van der Waals surface area contributed by atoms with Crippen LogP contribution in [0.2, 0.25) is 0 Å². The lowest BCUT2D eigenvalue weighted by Crippen LogP contribution is -1.93. The van der Waals surface area contributed by atoms with Crippen LogP contribution in [0, 0.1) is 0 Å². The molecule has 0 spiro atoms. The molecular weight excluding hydrogens is 535 g/mol. The number of carboxylic acids is 1. The van der Waals surface area contributed by atoms with Gasteiger partial charge in [-0.3, -0.25) is 9.32 Å². The van der Waals surface area contributed by atoms with Crippen LogP contribution in [0.4, 0.5) is 0 Å². The molecular formula is C34H69O6P. The smallest absolute Gasteiger partial charge is 0.469 e. The van der Waals surface area contributed by atoms with Gasteiger partial charge in [0.05, 0.1) is 6.61 Å². The Hall–Kier alpha value is -0.420. The van der Waals surface area contributed by atoms with E-state index in [1.165, 1.54) is 167 Å². The van der Waals surface area contributed by atoms with Crippen LogP contribution >= 0.6 is 7.82 Å². The molecule has 0 saturated heterocycles. The Kier molecular flexibility index (Phi) is 32.2. The van der Waals surface area contributed by atoms with E-state index >= 15 is 0 Å². The van der Waals surface area contributed by atoms with Gasteiger partial charge in [0.15, 0.2) is 0 Å². The van der Waals surface area contributed by atoms with Gasteiger partial charge in [-0.2, -0.15) is 0 Å². The molecule has 0 aliphatic rings. The molecule has 0 rings (SSSR count). The molecule has 6 nitrogen and oxygen atoms in total. The van der Waals surface area contributed by atoms with E-state index in [1.54, 1.807) is 0 Å². The summed E-state index contributed by atoms with van der Waals surface area (Å²) in [6.45, 7) is 0.163. The van der Waals surface area contributed by atoms with Crippen molar-refractivity contribution in [2.75, 3.05) is 6.61 Å². The summed E-state index contributed by atoms with van der Waals surface area (Å²) in [5.41, 5.74) is 0. The number of phosphoric ester groups is 1. The second-order valence-corrected chi connectivity index (χ2v) is 13.7. The van der Waals surface area contributed by atoms with E-state index < -0.39 is 13.8 Å². The van der Waals surface area contributed by atoms with E-state index in [4.69, 9.17) is 14.9 Å². The Balaban J connectivity index is 3.06. The maximum Gasteiger partial charge on any atom is 0.469 e. The van der Waals surface area contributed by atoms with Crippen molar-refractivity contribution in [3.63, 3.8) is 0 Å². The first-order valence-corrected chi connectivity index (χ1v) is 19.4. The molecule has 0 aliphatic heterocycles. The molecule has 0 saturated carbocycles. The van der Waals surface area contributed by atoms with Gasteiger partial charge in [-0.05, 0) is 12.8 Å². The molecule has 0 amide bonds. The monoisotopic (exact) mass is 604 g/mol. The first kappa shape index (κ1) is 40.6. The molecule has 41 heavy (non-hydrogen) atoms. The minimum atomic E-state index is -4.28.